The first-order valence-electron chi connectivity index (χ1n) is 7.45. The van der Waals surface area contributed by atoms with E-state index in [9.17, 15) is 9.59 Å². The number of hydrogen-bond donors (Lipinski definition) is 2. The van der Waals surface area contributed by atoms with E-state index in [4.69, 9.17) is 9.84 Å². The molecule has 2 atom stereocenters. The van der Waals surface area contributed by atoms with Gasteiger partial charge in [-0.3, -0.25) is 0 Å². The highest BCUT2D eigenvalue weighted by atomic mass is 16.5. The molecule has 0 aromatic carbocycles. The molecule has 1 aliphatic rings. The Bertz CT molecular complexity index is 322. The maximum Gasteiger partial charge on any atom is 0.328 e. The predicted octanol–water partition coefficient (Wildman–Crippen LogP) is 1.70. The van der Waals surface area contributed by atoms with Gasteiger partial charge in [0.05, 0.1) is 13.2 Å². The van der Waals surface area contributed by atoms with Gasteiger partial charge < -0.3 is 20.1 Å². The smallest absolute Gasteiger partial charge is 0.328 e. The summed E-state index contributed by atoms with van der Waals surface area (Å²) in [6.07, 6.45) is 4.42. The standard InChI is InChI=1S/C14H26N2O4/c1-3-5-6-11(4-2)9-15-14(19)16-7-8-20-10-12(16)13(17)18/h11-12H,3-10H2,1-2H3,(H,15,19)(H,17,18). The Kier molecular flexibility index (Phi) is 7.36. The number of amides is 2. The lowest BCUT2D eigenvalue weighted by Crippen LogP contribution is -2.56. The van der Waals surface area contributed by atoms with Crippen LogP contribution < -0.4 is 5.32 Å². The lowest BCUT2D eigenvalue weighted by atomic mass is 9.99. The molecule has 0 aromatic rings. The predicted molar refractivity (Wildman–Crippen MR) is 75.7 cm³/mol. The summed E-state index contributed by atoms with van der Waals surface area (Å²) in [5, 5.41) is 12.0. The highest BCUT2D eigenvalue weighted by Gasteiger charge is 2.32. The number of hydrogen-bond acceptors (Lipinski definition) is 3. The quantitative estimate of drug-likeness (QED) is 0.746. The molecule has 116 valence electrons. The van der Waals surface area contributed by atoms with Crippen LogP contribution >= 0.6 is 0 Å². The van der Waals surface area contributed by atoms with Crippen molar-refractivity contribution in [1.29, 1.82) is 0 Å². The molecule has 0 aromatic heterocycles. The first kappa shape index (κ1) is 16.8. The van der Waals surface area contributed by atoms with Gasteiger partial charge in [-0.2, -0.15) is 0 Å². The number of carbonyl (C=O) groups excluding carboxylic acids is 1. The Morgan fingerprint density at radius 2 is 2.20 bits per heavy atom. The minimum atomic E-state index is -1.02. The van der Waals surface area contributed by atoms with E-state index in [0.717, 1.165) is 25.7 Å². The molecule has 1 fully saturated rings. The number of carbonyl (C=O) groups is 2. The summed E-state index contributed by atoms with van der Waals surface area (Å²) in [6, 6.07) is -1.17. The molecule has 2 unspecified atom stereocenters. The molecule has 1 saturated heterocycles. The summed E-state index contributed by atoms with van der Waals surface area (Å²) in [5.41, 5.74) is 0. The number of morpholine rings is 1. The van der Waals surface area contributed by atoms with Crippen molar-refractivity contribution in [3.63, 3.8) is 0 Å². The van der Waals surface area contributed by atoms with Crippen molar-refractivity contribution in [2.24, 2.45) is 5.92 Å². The molecule has 6 nitrogen and oxygen atoms in total. The minimum absolute atomic E-state index is 0.0653. The van der Waals surface area contributed by atoms with Crippen molar-refractivity contribution >= 4 is 12.0 Å². The Labute approximate surface area is 120 Å². The van der Waals surface area contributed by atoms with E-state index in [1.807, 2.05) is 0 Å². The van der Waals surface area contributed by atoms with Gasteiger partial charge in [-0.25, -0.2) is 9.59 Å². The molecular formula is C14H26N2O4. The van der Waals surface area contributed by atoms with Gasteiger partial charge in [0, 0.05) is 13.1 Å². The number of aliphatic carboxylic acids is 1. The number of rotatable bonds is 7. The molecule has 2 amide bonds. The largest absolute Gasteiger partial charge is 0.480 e. The molecule has 6 heteroatoms. The van der Waals surface area contributed by atoms with Crippen LogP contribution in [0.5, 0.6) is 0 Å². The van der Waals surface area contributed by atoms with Crippen LogP contribution in [0, 0.1) is 5.92 Å². The SMILES string of the molecule is CCCCC(CC)CNC(=O)N1CCOCC1C(=O)O. The van der Waals surface area contributed by atoms with Crippen LogP contribution in [0.4, 0.5) is 4.79 Å². The number of nitrogens with one attached hydrogen (secondary N) is 1. The van der Waals surface area contributed by atoms with E-state index in [2.05, 4.69) is 19.2 Å². The molecule has 0 aliphatic carbocycles. The first-order chi connectivity index (χ1) is 9.60. The number of nitrogens with zero attached hydrogens (tertiary/aromatic N) is 1. The van der Waals surface area contributed by atoms with Crippen molar-refractivity contribution in [1.82, 2.24) is 10.2 Å². The van der Waals surface area contributed by atoms with Crippen LogP contribution in [0.25, 0.3) is 0 Å². The van der Waals surface area contributed by atoms with Gasteiger partial charge in [0.2, 0.25) is 0 Å². The first-order valence-corrected chi connectivity index (χ1v) is 7.45. The second-order valence-corrected chi connectivity index (χ2v) is 5.22. The van der Waals surface area contributed by atoms with Crippen LogP contribution in [0.2, 0.25) is 0 Å². The third-order valence-corrected chi connectivity index (χ3v) is 3.76. The summed E-state index contributed by atoms with van der Waals surface area (Å²) in [4.78, 5) is 24.6. The fourth-order valence-electron chi connectivity index (χ4n) is 2.33. The maximum atomic E-state index is 12.1. The number of urea groups is 1. The van der Waals surface area contributed by atoms with Crippen molar-refractivity contribution in [3.05, 3.63) is 0 Å². The van der Waals surface area contributed by atoms with Gasteiger partial charge in [0.15, 0.2) is 6.04 Å². The van der Waals surface area contributed by atoms with Gasteiger partial charge >= 0.3 is 12.0 Å². The molecule has 0 bridgehead atoms. The van der Waals surface area contributed by atoms with Gasteiger partial charge in [0.25, 0.3) is 0 Å². The fraction of sp³-hybridized carbons (Fsp3) is 0.857. The number of ether oxygens (including phenoxy) is 1. The molecular weight excluding hydrogens is 260 g/mol. The number of carboxylic acids is 1. The van der Waals surface area contributed by atoms with Crippen LogP contribution in [-0.4, -0.2) is 54.4 Å². The molecule has 0 radical (unpaired) electrons. The van der Waals surface area contributed by atoms with Crippen molar-refractivity contribution in [2.45, 2.75) is 45.6 Å². The molecule has 0 saturated carbocycles. The van der Waals surface area contributed by atoms with E-state index in [1.54, 1.807) is 0 Å². The van der Waals surface area contributed by atoms with Crippen LogP contribution in [-0.2, 0) is 9.53 Å². The zero-order valence-corrected chi connectivity index (χ0v) is 12.4. The Morgan fingerprint density at radius 1 is 1.45 bits per heavy atom. The fourth-order valence-corrected chi connectivity index (χ4v) is 2.33. The number of unbranched alkanes of at least 4 members (excludes halogenated alkanes) is 1. The average molecular weight is 286 g/mol. The molecule has 1 rings (SSSR count). The highest BCUT2D eigenvalue weighted by Crippen LogP contribution is 2.12. The number of carboxylic acid groups (broad SMARTS) is 1. The third kappa shape index (κ3) is 5.00. The lowest BCUT2D eigenvalue weighted by Gasteiger charge is -2.33. The second-order valence-electron chi connectivity index (χ2n) is 5.22. The van der Waals surface area contributed by atoms with Crippen LogP contribution in [0.1, 0.15) is 39.5 Å². The third-order valence-electron chi connectivity index (χ3n) is 3.76. The van der Waals surface area contributed by atoms with Crippen molar-refractivity contribution < 1.29 is 19.4 Å². The molecule has 0 spiro atoms. The van der Waals surface area contributed by atoms with E-state index in [-0.39, 0.29) is 12.6 Å². The summed E-state index contributed by atoms with van der Waals surface area (Å²) in [5.74, 6) is -0.555. The normalized spacial score (nSPS) is 20.5. The maximum absolute atomic E-state index is 12.1. The summed E-state index contributed by atoms with van der Waals surface area (Å²) < 4.78 is 5.12. The molecule has 1 heterocycles. The Morgan fingerprint density at radius 3 is 2.80 bits per heavy atom. The zero-order chi connectivity index (χ0) is 15.0. The van der Waals surface area contributed by atoms with E-state index < -0.39 is 12.0 Å². The molecule has 20 heavy (non-hydrogen) atoms. The molecule has 1 aliphatic heterocycles. The summed E-state index contributed by atoms with van der Waals surface area (Å²) in [6.45, 7) is 5.66. The highest BCUT2D eigenvalue weighted by molar-refractivity contribution is 5.83. The van der Waals surface area contributed by atoms with Crippen molar-refractivity contribution in [3.8, 4) is 0 Å². The Balaban J connectivity index is 2.45. The monoisotopic (exact) mass is 286 g/mol. The molecule has 2 N–H and O–H groups in total. The Hall–Kier alpha value is -1.30. The van der Waals surface area contributed by atoms with Crippen LogP contribution in [0.3, 0.4) is 0 Å². The van der Waals surface area contributed by atoms with Gasteiger partial charge in [0.1, 0.15) is 0 Å². The second kappa shape index (κ2) is 8.79. The van der Waals surface area contributed by atoms with Crippen molar-refractivity contribution in [2.75, 3.05) is 26.3 Å². The van der Waals surface area contributed by atoms with Gasteiger partial charge in [-0.05, 0) is 12.3 Å². The van der Waals surface area contributed by atoms with E-state index >= 15 is 0 Å². The zero-order valence-electron chi connectivity index (χ0n) is 12.4. The van der Waals surface area contributed by atoms with Gasteiger partial charge in [-0.15, -0.1) is 0 Å². The lowest BCUT2D eigenvalue weighted by molar-refractivity contribution is -0.147. The topological polar surface area (TPSA) is 78.9 Å². The summed E-state index contributed by atoms with van der Waals surface area (Å²) >= 11 is 0. The summed E-state index contributed by atoms with van der Waals surface area (Å²) in [7, 11) is 0. The van der Waals surface area contributed by atoms with Crippen LogP contribution in [0.15, 0.2) is 0 Å². The van der Waals surface area contributed by atoms with Gasteiger partial charge in [-0.1, -0.05) is 33.1 Å². The van der Waals surface area contributed by atoms with E-state index in [1.165, 1.54) is 4.90 Å². The average Bonchev–Trinajstić information content (AvgIpc) is 2.47. The van der Waals surface area contributed by atoms with E-state index in [0.29, 0.717) is 25.6 Å². The minimum Gasteiger partial charge on any atom is -0.480 e.